The van der Waals surface area contributed by atoms with Gasteiger partial charge in [0.25, 0.3) is 0 Å². The summed E-state index contributed by atoms with van der Waals surface area (Å²) in [6.07, 6.45) is 3.54. The van der Waals surface area contributed by atoms with Gasteiger partial charge < -0.3 is 10.4 Å². The van der Waals surface area contributed by atoms with Crippen LogP contribution in [0.4, 0.5) is 4.39 Å². The van der Waals surface area contributed by atoms with Crippen LogP contribution in [-0.2, 0) is 11.3 Å². The highest BCUT2D eigenvalue weighted by Gasteiger charge is 2.29. The Bertz CT molecular complexity index is 478. The number of likely N-dealkylation sites (tertiary alicyclic amines) is 1. The fourth-order valence-corrected chi connectivity index (χ4v) is 2.91. The fraction of sp³-hybridized carbons (Fsp3) is 0.588. The molecule has 0 aromatic heterocycles. The third-order valence-electron chi connectivity index (χ3n) is 4.17. The average molecular weight is 308 g/mol. The molecule has 2 atom stereocenters. The molecule has 1 saturated heterocycles. The highest BCUT2D eigenvalue weighted by molar-refractivity contribution is 5.82. The van der Waals surface area contributed by atoms with E-state index >= 15 is 0 Å². The van der Waals surface area contributed by atoms with Crippen LogP contribution in [0.25, 0.3) is 0 Å². The van der Waals surface area contributed by atoms with E-state index in [1.54, 1.807) is 12.1 Å². The van der Waals surface area contributed by atoms with Crippen LogP contribution >= 0.6 is 0 Å². The molecular weight excluding hydrogens is 283 g/mol. The highest BCUT2D eigenvalue weighted by atomic mass is 19.1. The minimum absolute atomic E-state index is 0.0212. The second-order valence-corrected chi connectivity index (χ2v) is 6.03. The molecule has 0 aliphatic carbocycles. The van der Waals surface area contributed by atoms with Crippen LogP contribution in [-0.4, -0.2) is 41.1 Å². The monoisotopic (exact) mass is 308 g/mol. The molecule has 1 amide bonds. The van der Waals surface area contributed by atoms with Gasteiger partial charge >= 0.3 is 0 Å². The van der Waals surface area contributed by atoms with Crippen molar-refractivity contribution < 1.29 is 14.3 Å². The zero-order chi connectivity index (χ0) is 15.9. The van der Waals surface area contributed by atoms with Gasteiger partial charge in [-0.15, -0.1) is 0 Å². The maximum Gasteiger partial charge on any atom is 0.237 e. The number of aliphatic hydroxyl groups is 1. The van der Waals surface area contributed by atoms with Crippen LogP contribution in [0.15, 0.2) is 24.3 Å². The van der Waals surface area contributed by atoms with Crippen LogP contribution in [0, 0.1) is 5.82 Å². The molecule has 1 aliphatic rings. The van der Waals surface area contributed by atoms with E-state index in [-0.39, 0.29) is 30.4 Å². The minimum Gasteiger partial charge on any atom is -0.396 e. The summed E-state index contributed by atoms with van der Waals surface area (Å²) >= 11 is 0. The molecule has 0 bridgehead atoms. The molecule has 2 N–H and O–H groups in total. The van der Waals surface area contributed by atoms with Crippen LogP contribution in [0.5, 0.6) is 0 Å². The first kappa shape index (κ1) is 16.9. The molecule has 1 heterocycles. The third-order valence-corrected chi connectivity index (χ3v) is 4.17. The summed E-state index contributed by atoms with van der Waals surface area (Å²) < 4.78 is 13.0. The van der Waals surface area contributed by atoms with Gasteiger partial charge in [-0.2, -0.15) is 0 Å². The molecule has 22 heavy (non-hydrogen) atoms. The van der Waals surface area contributed by atoms with Crippen molar-refractivity contribution in [3.05, 3.63) is 35.6 Å². The van der Waals surface area contributed by atoms with Gasteiger partial charge in [-0.3, -0.25) is 9.69 Å². The van der Waals surface area contributed by atoms with E-state index in [0.29, 0.717) is 13.0 Å². The van der Waals surface area contributed by atoms with Crippen molar-refractivity contribution in [3.8, 4) is 0 Å². The van der Waals surface area contributed by atoms with Crippen molar-refractivity contribution in [2.45, 2.75) is 51.2 Å². The molecule has 0 saturated carbocycles. The number of aliphatic hydroxyl groups excluding tert-OH is 1. The maximum atomic E-state index is 13.0. The minimum atomic E-state index is -0.241. The maximum absolute atomic E-state index is 13.0. The summed E-state index contributed by atoms with van der Waals surface area (Å²) in [6.45, 7) is 3.52. The van der Waals surface area contributed by atoms with E-state index in [9.17, 15) is 9.18 Å². The Labute approximate surface area is 131 Å². The van der Waals surface area contributed by atoms with Gasteiger partial charge in [-0.05, 0) is 50.4 Å². The summed E-state index contributed by atoms with van der Waals surface area (Å²) in [5.74, 6) is -0.211. The molecule has 1 fully saturated rings. The molecule has 2 rings (SSSR count). The van der Waals surface area contributed by atoms with Gasteiger partial charge in [0.15, 0.2) is 0 Å². The van der Waals surface area contributed by atoms with Gasteiger partial charge in [0.05, 0.1) is 6.04 Å². The first-order valence-corrected chi connectivity index (χ1v) is 8.00. The Balaban J connectivity index is 1.98. The second kappa shape index (κ2) is 8.25. The molecule has 1 aromatic carbocycles. The van der Waals surface area contributed by atoms with Gasteiger partial charge in [-0.25, -0.2) is 4.39 Å². The molecule has 1 aromatic rings. The number of benzene rings is 1. The predicted molar refractivity (Wildman–Crippen MR) is 83.8 cm³/mol. The van der Waals surface area contributed by atoms with E-state index in [0.717, 1.165) is 31.4 Å². The van der Waals surface area contributed by atoms with Gasteiger partial charge in [0.2, 0.25) is 5.91 Å². The second-order valence-electron chi connectivity index (χ2n) is 6.03. The van der Waals surface area contributed by atoms with Crippen LogP contribution < -0.4 is 5.32 Å². The number of carbonyl (C=O) groups is 1. The van der Waals surface area contributed by atoms with Crippen molar-refractivity contribution in [1.29, 1.82) is 0 Å². The lowest BCUT2D eigenvalue weighted by atomic mass is 10.00. The smallest absolute Gasteiger partial charge is 0.237 e. The number of nitrogens with zero attached hydrogens (tertiary/aromatic N) is 1. The summed E-state index contributed by atoms with van der Waals surface area (Å²) in [5.41, 5.74) is 1.02. The summed E-state index contributed by atoms with van der Waals surface area (Å²) in [5, 5.41) is 11.9. The van der Waals surface area contributed by atoms with E-state index in [1.165, 1.54) is 12.1 Å². The topological polar surface area (TPSA) is 52.6 Å². The molecule has 1 aliphatic heterocycles. The number of hydrogen-bond acceptors (Lipinski definition) is 3. The Morgan fingerprint density at radius 3 is 2.82 bits per heavy atom. The number of rotatable bonds is 6. The van der Waals surface area contributed by atoms with E-state index in [4.69, 9.17) is 5.11 Å². The lowest BCUT2D eigenvalue weighted by molar-refractivity contribution is -0.128. The van der Waals surface area contributed by atoms with Crippen LogP contribution in [0.2, 0.25) is 0 Å². The van der Waals surface area contributed by atoms with Crippen molar-refractivity contribution in [1.82, 2.24) is 10.2 Å². The van der Waals surface area contributed by atoms with Gasteiger partial charge in [-0.1, -0.05) is 18.6 Å². The number of halogens is 1. The summed E-state index contributed by atoms with van der Waals surface area (Å²) in [7, 11) is 0. The Hall–Kier alpha value is -1.46. The summed E-state index contributed by atoms with van der Waals surface area (Å²) in [4.78, 5) is 14.6. The summed E-state index contributed by atoms with van der Waals surface area (Å²) in [6, 6.07) is 6.29. The molecule has 1 unspecified atom stereocenters. The first-order chi connectivity index (χ1) is 10.6. The van der Waals surface area contributed by atoms with E-state index in [2.05, 4.69) is 10.2 Å². The Kier molecular flexibility index (Phi) is 6.34. The Morgan fingerprint density at radius 1 is 1.41 bits per heavy atom. The van der Waals surface area contributed by atoms with Crippen molar-refractivity contribution in [2.24, 2.45) is 0 Å². The zero-order valence-corrected chi connectivity index (χ0v) is 13.1. The highest BCUT2D eigenvalue weighted by Crippen LogP contribution is 2.20. The SMILES string of the molecule is C[C@H](CCO)NC(=O)C1CCCCN1Cc1ccc(F)cc1. The van der Waals surface area contributed by atoms with Crippen molar-refractivity contribution >= 4 is 5.91 Å². The van der Waals surface area contributed by atoms with Crippen LogP contribution in [0.1, 0.15) is 38.2 Å². The third kappa shape index (κ3) is 4.78. The predicted octanol–water partition coefficient (Wildman–Crippen LogP) is 2.07. The lowest BCUT2D eigenvalue weighted by Gasteiger charge is -2.35. The van der Waals surface area contributed by atoms with E-state index in [1.807, 2.05) is 6.92 Å². The molecule has 122 valence electrons. The van der Waals surface area contributed by atoms with Crippen molar-refractivity contribution in [2.75, 3.05) is 13.2 Å². The first-order valence-electron chi connectivity index (χ1n) is 8.00. The Morgan fingerprint density at radius 2 is 2.14 bits per heavy atom. The van der Waals surface area contributed by atoms with Gasteiger partial charge in [0.1, 0.15) is 5.82 Å². The fourth-order valence-electron chi connectivity index (χ4n) is 2.91. The quantitative estimate of drug-likeness (QED) is 0.846. The number of carbonyl (C=O) groups excluding carboxylic acids is 1. The largest absolute Gasteiger partial charge is 0.396 e. The normalized spacial score (nSPS) is 20.6. The number of nitrogens with one attached hydrogen (secondary N) is 1. The number of piperidine rings is 1. The number of amides is 1. The zero-order valence-electron chi connectivity index (χ0n) is 13.1. The molecular formula is C17H25FN2O2. The lowest BCUT2D eigenvalue weighted by Crippen LogP contribution is -2.51. The van der Waals surface area contributed by atoms with Crippen LogP contribution in [0.3, 0.4) is 0 Å². The molecule has 0 radical (unpaired) electrons. The van der Waals surface area contributed by atoms with E-state index < -0.39 is 0 Å². The standard InChI is InChI=1S/C17H25FN2O2/c1-13(9-11-21)19-17(22)16-4-2-3-10-20(16)12-14-5-7-15(18)8-6-14/h5-8,13,16,21H,2-4,9-12H2,1H3,(H,19,22)/t13-,16?/m1/s1. The number of hydrogen-bond donors (Lipinski definition) is 2. The molecule has 4 nitrogen and oxygen atoms in total. The molecule has 0 spiro atoms. The molecule has 5 heteroatoms. The van der Waals surface area contributed by atoms with Gasteiger partial charge in [0, 0.05) is 19.2 Å². The average Bonchev–Trinajstić information content (AvgIpc) is 2.50. The van der Waals surface area contributed by atoms with Crippen molar-refractivity contribution in [3.63, 3.8) is 0 Å².